The average Bonchev–Trinajstić information content (AvgIpc) is 3.27. The van der Waals surface area contributed by atoms with E-state index in [1.54, 1.807) is 31.9 Å². The summed E-state index contributed by atoms with van der Waals surface area (Å²) in [5, 5.41) is 11.7. The van der Waals surface area contributed by atoms with Crippen LogP contribution in [0.1, 0.15) is 41.9 Å². The summed E-state index contributed by atoms with van der Waals surface area (Å²) in [4.78, 5) is 20.6. The Morgan fingerprint density at radius 2 is 2.09 bits per heavy atom. The van der Waals surface area contributed by atoms with E-state index in [2.05, 4.69) is 25.5 Å². The number of anilines is 1. The molecule has 0 spiro atoms. The maximum absolute atomic E-state index is 12.2. The first-order valence-electron chi connectivity index (χ1n) is 11.1. The number of hydrogen-bond donors (Lipinski definition) is 1. The highest BCUT2D eigenvalue weighted by molar-refractivity contribution is 6.29. The third-order valence-corrected chi connectivity index (χ3v) is 5.28. The van der Waals surface area contributed by atoms with E-state index >= 15 is 0 Å². The molecule has 9 nitrogen and oxygen atoms in total. The largest absolute Gasteiger partial charge is 0.491 e. The molecule has 0 saturated carbocycles. The van der Waals surface area contributed by atoms with Crippen LogP contribution in [0.2, 0.25) is 5.15 Å². The van der Waals surface area contributed by atoms with Crippen molar-refractivity contribution in [1.29, 1.82) is 0 Å². The molecule has 1 aromatic carbocycles. The van der Waals surface area contributed by atoms with Gasteiger partial charge in [-0.1, -0.05) is 18.0 Å². The van der Waals surface area contributed by atoms with Gasteiger partial charge < -0.3 is 14.8 Å². The lowest BCUT2D eigenvalue weighted by atomic mass is 10.1. The number of nitrogens with one attached hydrogen (secondary N) is 1. The van der Waals surface area contributed by atoms with Gasteiger partial charge in [-0.15, -0.1) is 10.2 Å². The summed E-state index contributed by atoms with van der Waals surface area (Å²) in [5.74, 6) is 1.58. The number of hydrogen-bond acceptors (Lipinski definition) is 7. The molecule has 0 bridgehead atoms. The Balaban J connectivity index is 1.47. The number of ether oxygens (including phenoxy) is 2. The standard InChI is InChI=1S/C24H29ClN6O3/c1-18-30-29-17-31(18)22-9-8-20(34-13-12-33-2)14-21(22)28-16-26-11-5-3-4-6-23(32)19-7-10-24(25)27-15-19/h7-10,14-17H,3-6,11-13H2,1-2H3,(H,26,28). The topological polar surface area (TPSA) is 104 Å². The number of ketones is 1. The fraction of sp³-hybridized carbons (Fsp3) is 0.375. The number of benzene rings is 1. The molecule has 0 fully saturated rings. The van der Waals surface area contributed by atoms with Crippen LogP contribution in [0.4, 0.5) is 5.69 Å². The summed E-state index contributed by atoms with van der Waals surface area (Å²) in [6, 6.07) is 9.10. The van der Waals surface area contributed by atoms with E-state index in [0.717, 1.165) is 42.2 Å². The number of methoxy groups -OCH3 is 1. The van der Waals surface area contributed by atoms with Crippen LogP contribution < -0.4 is 10.1 Å². The smallest absolute Gasteiger partial charge is 0.164 e. The van der Waals surface area contributed by atoms with Gasteiger partial charge in [0.2, 0.25) is 0 Å². The summed E-state index contributed by atoms with van der Waals surface area (Å²) < 4.78 is 12.7. The number of Topliss-reactive ketones (excluding diaryl/α,β-unsaturated/α-hetero) is 1. The predicted octanol–water partition coefficient (Wildman–Crippen LogP) is 4.53. The second kappa shape index (κ2) is 13.4. The molecule has 34 heavy (non-hydrogen) atoms. The zero-order chi connectivity index (χ0) is 24.2. The number of carbonyl (C=O) groups excluding carboxylic acids is 1. The van der Waals surface area contributed by atoms with Gasteiger partial charge >= 0.3 is 0 Å². The van der Waals surface area contributed by atoms with Crippen LogP contribution in [0.25, 0.3) is 5.69 Å². The lowest BCUT2D eigenvalue weighted by Gasteiger charge is -2.13. The number of unbranched alkanes of at least 4 members (excludes halogenated alkanes) is 2. The van der Waals surface area contributed by atoms with Gasteiger partial charge in [0.1, 0.15) is 29.7 Å². The summed E-state index contributed by atoms with van der Waals surface area (Å²) in [6.45, 7) is 3.53. The third-order valence-electron chi connectivity index (χ3n) is 5.05. The minimum absolute atomic E-state index is 0.0822. The van der Waals surface area contributed by atoms with Gasteiger partial charge in [0.15, 0.2) is 5.78 Å². The highest BCUT2D eigenvalue weighted by Gasteiger charge is 2.09. The van der Waals surface area contributed by atoms with Gasteiger partial charge in [-0.05, 0) is 44.0 Å². The molecule has 0 aliphatic heterocycles. The Kier molecular flexibility index (Phi) is 9.99. The molecule has 2 aromatic heterocycles. The average molecular weight is 485 g/mol. The first-order chi connectivity index (χ1) is 16.6. The van der Waals surface area contributed by atoms with E-state index < -0.39 is 0 Å². The summed E-state index contributed by atoms with van der Waals surface area (Å²) >= 11 is 5.76. The molecule has 0 aliphatic rings. The van der Waals surface area contributed by atoms with Crippen LogP contribution in [0, 0.1) is 6.92 Å². The van der Waals surface area contributed by atoms with Crippen LogP contribution in [0.5, 0.6) is 5.75 Å². The van der Waals surface area contributed by atoms with Gasteiger partial charge in [-0.25, -0.2) is 4.98 Å². The SMILES string of the molecule is COCCOc1ccc(-n2cnnc2C)c(NC=NCCCCCC(=O)c2ccc(Cl)nc2)c1. The Labute approximate surface area is 204 Å². The van der Waals surface area contributed by atoms with E-state index in [4.69, 9.17) is 21.1 Å². The maximum Gasteiger partial charge on any atom is 0.164 e. The lowest BCUT2D eigenvalue weighted by Crippen LogP contribution is -2.07. The van der Waals surface area contributed by atoms with Crippen molar-refractivity contribution >= 4 is 29.4 Å². The summed E-state index contributed by atoms with van der Waals surface area (Å²) in [5.41, 5.74) is 2.31. The van der Waals surface area contributed by atoms with E-state index in [0.29, 0.717) is 36.9 Å². The van der Waals surface area contributed by atoms with E-state index in [1.807, 2.05) is 29.7 Å². The number of pyridine rings is 1. The first-order valence-corrected chi connectivity index (χ1v) is 11.5. The Hall–Kier alpha value is -3.30. The molecule has 2 heterocycles. The molecule has 180 valence electrons. The van der Waals surface area contributed by atoms with Crippen LogP contribution in [0.15, 0.2) is 47.8 Å². The van der Waals surface area contributed by atoms with Crippen molar-refractivity contribution in [2.24, 2.45) is 4.99 Å². The van der Waals surface area contributed by atoms with Crippen molar-refractivity contribution in [3.8, 4) is 11.4 Å². The molecule has 0 atom stereocenters. The van der Waals surface area contributed by atoms with Crippen molar-refractivity contribution in [3.05, 3.63) is 59.4 Å². The highest BCUT2D eigenvalue weighted by Crippen LogP contribution is 2.26. The fourth-order valence-corrected chi connectivity index (χ4v) is 3.34. The molecule has 0 radical (unpaired) electrons. The Morgan fingerprint density at radius 1 is 1.21 bits per heavy atom. The van der Waals surface area contributed by atoms with Gasteiger partial charge in [-0.2, -0.15) is 0 Å². The number of halogens is 1. The highest BCUT2D eigenvalue weighted by atomic mass is 35.5. The number of nitrogens with zero attached hydrogens (tertiary/aromatic N) is 5. The van der Waals surface area contributed by atoms with E-state index in [-0.39, 0.29) is 5.78 Å². The Bertz CT molecular complexity index is 1080. The van der Waals surface area contributed by atoms with Gasteiger partial charge in [0, 0.05) is 37.9 Å². The summed E-state index contributed by atoms with van der Waals surface area (Å²) in [6.07, 6.45) is 7.97. The molecule has 10 heteroatoms. The minimum atomic E-state index is 0.0822. The van der Waals surface area contributed by atoms with Crippen LogP contribution in [-0.4, -0.2) is 58.7 Å². The molecule has 1 N–H and O–H groups in total. The fourth-order valence-electron chi connectivity index (χ4n) is 3.23. The van der Waals surface area contributed by atoms with Gasteiger partial charge in [0.25, 0.3) is 0 Å². The van der Waals surface area contributed by atoms with Crippen molar-refractivity contribution in [2.75, 3.05) is 32.2 Å². The Morgan fingerprint density at radius 3 is 2.82 bits per heavy atom. The van der Waals surface area contributed by atoms with Crippen LogP contribution >= 0.6 is 11.6 Å². The van der Waals surface area contributed by atoms with Crippen LogP contribution in [-0.2, 0) is 4.74 Å². The van der Waals surface area contributed by atoms with Gasteiger partial charge in [-0.3, -0.25) is 14.4 Å². The number of aryl methyl sites for hydroxylation is 1. The molecule has 0 unspecified atom stereocenters. The molecule has 0 amide bonds. The second-order valence-electron chi connectivity index (χ2n) is 7.55. The first kappa shape index (κ1) is 25.3. The zero-order valence-electron chi connectivity index (χ0n) is 19.4. The molecular weight excluding hydrogens is 456 g/mol. The number of aromatic nitrogens is 4. The number of carbonyl (C=O) groups is 1. The van der Waals surface area contributed by atoms with Gasteiger partial charge in [0.05, 0.1) is 24.3 Å². The number of aliphatic imine (C=N–C) groups is 1. The van der Waals surface area contributed by atoms with E-state index in [9.17, 15) is 4.79 Å². The molecule has 0 saturated heterocycles. The van der Waals surface area contributed by atoms with Crippen molar-refractivity contribution in [1.82, 2.24) is 19.7 Å². The molecular formula is C24H29ClN6O3. The predicted molar refractivity (Wildman–Crippen MR) is 132 cm³/mol. The van der Waals surface area contributed by atoms with Crippen molar-refractivity contribution < 1.29 is 14.3 Å². The molecule has 3 aromatic rings. The quantitative estimate of drug-likeness (QED) is 0.118. The van der Waals surface area contributed by atoms with Crippen LogP contribution in [0.3, 0.4) is 0 Å². The van der Waals surface area contributed by atoms with Crippen molar-refractivity contribution in [2.45, 2.75) is 32.6 Å². The summed E-state index contributed by atoms with van der Waals surface area (Å²) in [7, 11) is 1.64. The van der Waals surface area contributed by atoms with Crippen molar-refractivity contribution in [3.63, 3.8) is 0 Å². The maximum atomic E-state index is 12.2. The number of rotatable bonds is 14. The zero-order valence-corrected chi connectivity index (χ0v) is 20.2. The second-order valence-corrected chi connectivity index (χ2v) is 7.94. The van der Waals surface area contributed by atoms with E-state index in [1.165, 1.54) is 6.20 Å². The molecule has 0 aliphatic carbocycles. The normalized spacial score (nSPS) is 11.1. The third kappa shape index (κ3) is 7.64. The lowest BCUT2D eigenvalue weighted by molar-refractivity contribution is 0.0979. The monoisotopic (exact) mass is 484 g/mol. The minimum Gasteiger partial charge on any atom is -0.491 e. The molecule has 3 rings (SSSR count).